The van der Waals surface area contributed by atoms with Crippen molar-refractivity contribution in [3.63, 3.8) is 0 Å². The first-order valence-electron chi connectivity index (χ1n) is 11.2. The minimum absolute atomic E-state index is 0.00498. The van der Waals surface area contributed by atoms with Crippen LogP contribution >= 0.6 is 0 Å². The molecule has 2 fully saturated rings. The fourth-order valence-corrected chi connectivity index (χ4v) is 5.78. The van der Waals surface area contributed by atoms with E-state index in [1.165, 1.54) is 12.1 Å². The third-order valence-corrected chi connectivity index (χ3v) is 8.07. The molecule has 9 nitrogen and oxygen atoms in total. The fraction of sp³-hybridized carbons (Fsp3) is 0.591. The zero-order valence-electron chi connectivity index (χ0n) is 18.6. The van der Waals surface area contributed by atoms with Crippen LogP contribution in [0.25, 0.3) is 0 Å². The number of amides is 3. The van der Waals surface area contributed by atoms with Crippen LogP contribution in [0.2, 0.25) is 0 Å². The summed E-state index contributed by atoms with van der Waals surface area (Å²) in [4.78, 5) is 36.4. The third kappa shape index (κ3) is 6.73. The first kappa shape index (κ1) is 25.1. The van der Waals surface area contributed by atoms with Crippen LogP contribution in [0.5, 0.6) is 0 Å². The van der Waals surface area contributed by atoms with Gasteiger partial charge in [-0.15, -0.1) is 0 Å². The van der Waals surface area contributed by atoms with Crippen LogP contribution in [0.4, 0.5) is 9.18 Å². The fourth-order valence-electron chi connectivity index (χ4n) is 4.26. The molecule has 0 radical (unpaired) electrons. The van der Waals surface area contributed by atoms with Crippen molar-refractivity contribution in [2.75, 3.05) is 19.7 Å². The predicted octanol–water partition coefficient (Wildman–Crippen LogP) is 2.17. The van der Waals surface area contributed by atoms with Gasteiger partial charge < -0.3 is 10.1 Å². The van der Waals surface area contributed by atoms with Gasteiger partial charge in [0.1, 0.15) is 5.82 Å². The van der Waals surface area contributed by atoms with Crippen molar-refractivity contribution in [3.05, 3.63) is 30.1 Å². The van der Waals surface area contributed by atoms with Gasteiger partial charge in [0.25, 0.3) is 5.91 Å². The summed E-state index contributed by atoms with van der Waals surface area (Å²) in [6, 6.07) is 3.86. The molecule has 3 unspecified atom stereocenters. The van der Waals surface area contributed by atoms with Gasteiger partial charge >= 0.3 is 12.0 Å². The summed E-state index contributed by atoms with van der Waals surface area (Å²) in [6.45, 7) is 1.55. The number of hydrogen-bond donors (Lipinski definition) is 2. The Morgan fingerprint density at radius 3 is 2.48 bits per heavy atom. The second-order valence-electron chi connectivity index (χ2n) is 8.65. The number of rotatable bonds is 6. The lowest BCUT2D eigenvalue weighted by atomic mass is 9.86. The van der Waals surface area contributed by atoms with Gasteiger partial charge in [-0.1, -0.05) is 19.8 Å². The largest absolute Gasteiger partial charge is 0.455 e. The molecule has 1 aromatic rings. The number of hydrogen-bond acceptors (Lipinski definition) is 6. The first-order chi connectivity index (χ1) is 15.7. The number of esters is 1. The molecule has 0 bridgehead atoms. The van der Waals surface area contributed by atoms with Crippen LogP contribution in [0.15, 0.2) is 29.2 Å². The van der Waals surface area contributed by atoms with Crippen LogP contribution in [-0.4, -0.2) is 56.4 Å². The summed E-state index contributed by atoms with van der Waals surface area (Å²) in [5, 5.41) is 4.95. The van der Waals surface area contributed by atoms with Crippen molar-refractivity contribution in [1.29, 1.82) is 0 Å². The third-order valence-electron chi connectivity index (χ3n) is 6.20. The van der Waals surface area contributed by atoms with Gasteiger partial charge in [-0.3, -0.25) is 14.9 Å². The molecule has 1 saturated heterocycles. The van der Waals surface area contributed by atoms with Gasteiger partial charge in [-0.2, -0.15) is 4.31 Å². The zero-order valence-corrected chi connectivity index (χ0v) is 19.4. The highest BCUT2D eigenvalue weighted by molar-refractivity contribution is 7.89. The van der Waals surface area contributed by atoms with E-state index in [0.29, 0.717) is 18.8 Å². The average molecular weight is 484 g/mol. The molecule has 33 heavy (non-hydrogen) atoms. The van der Waals surface area contributed by atoms with Gasteiger partial charge in [0.2, 0.25) is 10.0 Å². The number of carbonyl (C=O) groups excluding carboxylic acids is 3. The molecule has 3 atom stereocenters. The van der Waals surface area contributed by atoms with Crippen LogP contribution in [0, 0.1) is 17.7 Å². The number of imide groups is 1. The second-order valence-corrected chi connectivity index (χ2v) is 10.6. The van der Waals surface area contributed by atoms with Gasteiger partial charge in [0.15, 0.2) is 6.61 Å². The highest BCUT2D eigenvalue weighted by atomic mass is 32.2. The van der Waals surface area contributed by atoms with E-state index in [9.17, 15) is 27.2 Å². The maximum atomic E-state index is 13.1. The highest BCUT2D eigenvalue weighted by Crippen LogP contribution is 2.25. The topological polar surface area (TPSA) is 122 Å². The van der Waals surface area contributed by atoms with E-state index < -0.39 is 46.3 Å². The smallest absolute Gasteiger partial charge is 0.321 e. The maximum Gasteiger partial charge on any atom is 0.321 e. The van der Waals surface area contributed by atoms with Crippen molar-refractivity contribution in [2.45, 2.75) is 56.4 Å². The Labute approximate surface area is 193 Å². The van der Waals surface area contributed by atoms with E-state index in [4.69, 9.17) is 4.74 Å². The molecule has 11 heteroatoms. The van der Waals surface area contributed by atoms with Crippen molar-refractivity contribution in [1.82, 2.24) is 14.9 Å². The lowest BCUT2D eigenvalue weighted by molar-refractivity contribution is -0.153. The number of carbonyl (C=O) groups is 3. The number of benzene rings is 1. The molecular weight excluding hydrogens is 453 g/mol. The van der Waals surface area contributed by atoms with Crippen molar-refractivity contribution in [2.24, 2.45) is 11.8 Å². The van der Waals surface area contributed by atoms with E-state index in [-0.39, 0.29) is 24.0 Å². The van der Waals surface area contributed by atoms with E-state index in [1.807, 2.05) is 0 Å². The van der Waals surface area contributed by atoms with E-state index in [0.717, 1.165) is 42.1 Å². The highest BCUT2D eigenvalue weighted by Gasteiger charge is 2.34. The summed E-state index contributed by atoms with van der Waals surface area (Å²) in [5.41, 5.74) is 0. The molecule has 0 aromatic heterocycles. The Balaban J connectivity index is 1.47. The lowest BCUT2D eigenvalue weighted by Gasteiger charge is -2.30. The standard InChI is InChI=1S/C22H30FN3O6S/c1-15-5-2-3-7-19(15)24-22(29)25-20(27)14-32-21(28)16-6-4-12-26(13-16)33(30,31)18-10-8-17(23)9-11-18/h8-11,15-16,19H,2-7,12-14H2,1H3,(H2,24,25,27,29). The van der Waals surface area contributed by atoms with Crippen molar-refractivity contribution in [3.8, 4) is 0 Å². The normalized spacial score (nSPS) is 24.0. The van der Waals surface area contributed by atoms with Gasteiger partial charge in [-0.05, 0) is 55.9 Å². The van der Waals surface area contributed by atoms with Crippen LogP contribution in [-0.2, 0) is 24.3 Å². The molecule has 3 rings (SSSR count). The Bertz CT molecular complexity index is 969. The summed E-state index contributed by atoms with van der Waals surface area (Å²) in [5.74, 6) is -2.41. The number of sulfonamides is 1. The quantitative estimate of drug-likeness (QED) is 0.598. The first-order valence-corrected chi connectivity index (χ1v) is 12.6. The Hall–Kier alpha value is -2.53. The molecule has 1 aromatic carbocycles. The molecular formula is C22H30FN3O6S. The number of urea groups is 1. The summed E-state index contributed by atoms with van der Waals surface area (Å²) in [7, 11) is -3.88. The van der Waals surface area contributed by atoms with Gasteiger partial charge in [0.05, 0.1) is 10.8 Å². The maximum absolute atomic E-state index is 13.1. The molecule has 182 valence electrons. The van der Waals surface area contributed by atoms with Gasteiger partial charge in [0, 0.05) is 19.1 Å². The van der Waals surface area contributed by atoms with Crippen LogP contribution in [0.3, 0.4) is 0 Å². The molecule has 1 saturated carbocycles. The molecule has 0 spiro atoms. The SMILES string of the molecule is CC1CCCCC1NC(=O)NC(=O)COC(=O)C1CCCN(S(=O)(=O)c2ccc(F)cc2)C1. The Kier molecular flexibility index (Phi) is 8.41. The number of nitrogens with zero attached hydrogens (tertiary/aromatic N) is 1. The molecule has 2 N–H and O–H groups in total. The minimum atomic E-state index is -3.88. The zero-order chi connectivity index (χ0) is 24.0. The second kappa shape index (κ2) is 11.1. The molecule has 1 aliphatic heterocycles. The van der Waals surface area contributed by atoms with Crippen molar-refractivity contribution < 1.29 is 31.9 Å². The summed E-state index contributed by atoms with van der Waals surface area (Å²) < 4.78 is 44.9. The number of piperidine rings is 1. The minimum Gasteiger partial charge on any atom is -0.455 e. The predicted molar refractivity (Wildman–Crippen MR) is 117 cm³/mol. The molecule has 2 aliphatic rings. The monoisotopic (exact) mass is 483 g/mol. The van der Waals surface area contributed by atoms with Crippen LogP contribution in [0.1, 0.15) is 45.4 Å². The Morgan fingerprint density at radius 1 is 1.09 bits per heavy atom. The number of nitrogens with one attached hydrogen (secondary N) is 2. The average Bonchev–Trinajstić information content (AvgIpc) is 2.79. The van der Waals surface area contributed by atoms with Gasteiger partial charge in [-0.25, -0.2) is 17.6 Å². The molecule has 1 heterocycles. The van der Waals surface area contributed by atoms with E-state index in [2.05, 4.69) is 17.6 Å². The number of ether oxygens (including phenoxy) is 1. The summed E-state index contributed by atoms with van der Waals surface area (Å²) >= 11 is 0. The van der Waals surface area contributed by atoms with Crippen LogP contribution < -0.4 is 10.6 Å². The Morgan fingerprint density at radius 2 is 1.79 bits per heavy atom. The molecule has 1 aliphatic carbocycles. The van der Waals surface area contributed by atoms with E-state index in [1.54, 1.807) is 0 Å². The van der Waals surface area contributed by atoms with E-state index >= 15 is 0 Å². The van der Waals surface area contributed by atoms with Crippen molar-refractivity contribution >= 4 is 27.9 Å². The lowest BCUT2D eigenvalue weighted by Crippen LogP contribution is -2.49. The summed E-state index contributed by atoms with van der Waals surface area (Å²) in [6.07, 6.45) is 4.88. The number of halogens is 1. The molecule has 3 amide bonds.